The van der Waals surface area contributed by atoms with Crippen LogP contribution in [0.1, 0.15) is 33.6 Å². The van der Waals surface area contributed by atoms with E-state index in [-0.39, 0.29) is 0 Å². The van der Waals surface area contributed by atoms with Crippen LogP contribution < -0.4 is 4.74 Å². The van der Waals surface area contributed by atoms with Gasteiger partial charge in [0.2, 0.25) is 0 Å². The van der Waals surface area contributed by atoms with Crippen molar-refractivity contribution in [2.75, 3.05) is 18.9 Å². The van der Waals surface area contributed by atoms with E-state index in [1.54, 1.807) is 0 Å². The molecular weight excluding hydrogens is 308 g/mol. The standard InChI is InChI=1S/C18H28N2O2S/c1-4-11-23-20(14(3)5-2)12-15(21)13-22-18-8-6-7-17-16(18)9-10-19-17/h6-10,14-15,19,21H,4-5,11-13H2,1-3H3. The van der Waals surface area contributed by atoms with Crippen molar-refractivity contribution in [1.82, 2.24) is 9.29 Å². The van der Waals surface area contributed by atoms with E-state index in [4.69, 9.17) is 4.74 Å². The molecule has 2 aromatic rings. The summed E-state index contributed by atoms with van der Waals surface area (Å²) in [5.74, 6) is 1.90. The molecule has 2 rings (SSSR count). The van der Waals surface area contributed by atoms with E-state index in [1.165, 1.54) is 0 Å². The zero-order valence-electron chi connectivity index (χ0n) is 14.3. The normalized spacial score (nSPS) is 14.3. The highest BCUT2D eigenvalue weighted by Gasteiger charge is 2.17. The number of benzene rings is 1. The molecule has 0 radical (unpaired) electrons. The van der Waals surface area contributed by atoms with Crippen molar-refractivity contribution in [2.45, 2.75) is 45.8 Å². The maximum Gasteiger partial charge on any atom is 0.128 e. The monoisotopic (exact) mass is 336 g/mol. The number of nitrogens with zero attached hydrogens (tertiary/aromatic N) is 1. The predicted molar refractivity (Wildman–Crippen MR) is 99.0 cm³/mol. The lowest BCUT2D eigenvalue weighted by atomic mass is 10.2. The molecule has 1 heterocycles. The smallest absolute Gasteiger partial charge is 0.128 e. The molecule has 0 bridgehead atoms. The zero-order chi connectivity index (χ0) is 16.7. The van der Waals surface area contributed by atoms with Crippen molar-refractivity contribution in [1.29, 1.82) is 0 Å². The molecule has 1 aromatic carbocycles. The molecule has 5 heteroatoms. The van der Waals surface area contributed by atoms with Gasteiger partial charge < -0.3 is 14.8 Å². The van der Waals surface area contributed by atoms with E-state index in [0.717, 1.165) is 35.2 Å². The molecule has 0 fully saturated rings. The minimum absolute atomic E-state index is 0.309. The highest BCUT2D eigenvalue weighted by Crippen LogP contribution is 2.25. The number of hydrogen-bond acceptors (Lipinski definition) is 4. The lowest BCUT2D eigenvalue weighted by Gasteiger charge is -2.29. The topological polar surface area (TPSA) is 48.5 Å². The van der Waals surface area contributed by atoms with Gasteiger partial charge in [0.15, 0.2) is 0 Å². The third kappa shape index (κ3) is 5.16. The third-order valence-electron chi connectivity index (χ3n) is 3.92. The summed E-state index contributed by atoms with van der Waals surface area (Å²) in [5.41, 5.74) is 1.05. The van der Waals surface area contributed by atoms with Gasteiger partial charge in [-0.05, 0) is 38.0 Å². The molecule has 128 valence electrons. The second-order valence-electron chi connectivity index (χ2n) is 5.85. The fraction of sp³-hybridized carbons (Fsp3) is 0.556. The maximum absolute atomic E-state index is 10.4. The van der Waals surface area contributed by atoms with Gasteiger partial charge in [-0.15, -0.1) is 0 Å². The van der Waals surface area contributed by atoms with Gasteiger partial charge >= 0.3 is 0 Å². The summed E-state index contributed by atoms with van der Waals surface area (Å²) in [6.07, 6.45) is 3.62. The molecule has 0 saturated carbocycles. The molecular formula is C18H28N2O2S. The molecule has 2 atom stereocenters. The van der Waals surface area contributed by atoms with Gasteiger partial charge in [0.05, 0.1) is 0 Å². The Labute approximate surface area is 143 Å². The number of aromatic nitrogens is 1. The number of aliphatic hydroxyl groups is 1. The Morgan fingerprint density at radius 3 is 2.87 bits per heavy atom. The van der Waals surface area contributed by atoms with Gasteiger partial charge in [-0.25, -0.2) is 4.31 Å². The summed E-state index contributed by atoms with van der Waals surface area (Å²) < 4.78 is 8.14. The van der Waals surface area contributed by atoms with Crippen molar-refractivity contribution in [3.63, 3.8) is 0 Å². The van der Waals surface area contributed by atoms with Crippen LogP contribution in [0.3, 0.4) is 0 Å². The summed E-state index contributed by atoms with van der Waals surface area (Å²) >= 11 is 1.82. The summed E-state index contributed by atoms with van der Waals surface area (Å²) in [6, 6.07) is 8.38. The minimum atomic E-state index is -0.498. The molecule has 23 heavy (non-hydrogen) atoms. The molecule has 2 unspecified atom stereocenters. The first-order chi connectivity index (χ1) is 11.2. The lowest BCUT2D eigenvalue weighted by molar-refractivity contribution is 0.0858. The van der Waals surface area contributed by atoms with E-state index in [1.807, 2.05) is 42.4 Å². The van der Waals surface area contributed by atoms with Crippen molar-refractivity contribution in [2.24, 2.45) is 0 Å². The van der Waals surface area contributed by atoms with Crippen LogP contribution in [0.4, 0.5) is 0 Å². The summed E-state index contributed by atoms with van der Waals surface area (Å²) in [6.45, 7) is 7.50. The average Bonchev–Trinajstić information content (AvgIpc) is 3.05. The van der Waals surface area contributed by atoms with Crippen molar-refractivity contribution in [3.8, 4) is 5.75 Å². The summed E-state index contributed by atoms with van der Waals surface area (Å²) in [7, 11) is 0. The van der Waals surface area contributed by atoms with Gasteiger partial charge in [-0.1, -0.05) is 31.9 Å². The Kier molecular flexibility index (Phi) is 7.27. The minimum Gasteiger partial charge on any atom is -0.490 e. The fourth-order valence-corrected chi connectivity index (χ4v) is 3.50. The Hall–Kier alpha value is -1.17. The molecule has 0 aliphatic heterocycles. The molecule has 1 aromatic heterocycles. The summed E-state index contributed by atoms with van der Waals surface area (Å²) in [5, 5.41) is 11.4. The fourth-order valence-electron chi connectivity index (χ4n) is 2.40. The number of ether oxygens (including phenoxy) is 1. The summed E-state index contributed by atoms with van der Waals surface area (Å²) in [4.78, 5) is 3.17. The van der Waals surface area contributed by atoms with Gasteiger partial charge in [0.1, 0.15) is 18.5 Å². The zero-order valence-corrected chi connectivity index (χ0v) is 15.1. The number of fused-ring (bicyclic) bond motifs is 1. The molecule has 4 nitrogen and oxygen atoms in total. The molecule has 0 amide bonds. The van der Waals surface area contributed by atoms with Gasteiger partial charge in [-0.2, -0.15) is 0 Å². The first-order valence-corrected chi connectivity index (χ1v) is 9.36. The van der Waals surface area contributed by atoms with Crippen molar-refractivity contribution in [3.05, 3.63) is 30.5 Å². The van der Waals surface area contributed by atoms with Crippen LogP contribution in [-0.4, -0.2) is 45.4 Å². The van der Waals surface area contributed by atoms with Crippen LogP contribution in [0.25, 0.3) is 10.9 Å². The van der Waals surface area contributed by atoms with Crippen LogP contribution >= 0.6 is 11.9 Å². The number of H-pyrrole nitrogens is 1. The van der Waals surface area contributed by atoms with Gasteiger partial charge in [0.25, 0.3) is 0 Å². The Bertz CT molecular complexity index is 587. The number of rotatable bonds is 10. The maximum atomic E-state index is 10.4. The number of nitrogens with one attached hydrogen (secondary N) is 1. The Morgan fingerprint density at radius 1 is 1.30 bits per heavy atom. The first kappa shape index (κ1) is 18.2. The van der Waals surface area contributed by atoms with Crippen LogP contribution in [0.15, 0.2) is 30.5 Å². The molecule has 0 aliphatic rings. The van der Waals surface area contributed by atoms with Crippen LogP contribution in [0, 0.1) is 0 Å². The average molecular weight is 337 g/mol. The van der Waals surface area contributed by atoms with E-state index in [9.17, 15) is 5.11 Å². The largest absolute Gasteiger partial charge is 0.490 e. The third-order valence-corrected chi connectivity index (χ3v) is 5.35. The van der Waals surface area contributed by atoms with E-state index in [2.05, 4.69) is 30.1 Å². The van der Waals surface area contributed by atoms with E-state index >= 15 is 0 Å². The van der Waals surface area contributed by atoms with E-state index in [0.29, 0.717) is 19.2 Å². The quantitative estimate of drug-likeness (QED) is 0.642. The van der Waals surface area contributed by atoms with E-state index < -0.39 is 6.10 Å². The highest BCUT2D eigenvalue weighted by molar-refractivity contribution is 7.97. The SMILES string of the molecule is CCCSN(CC(O)COc1cccc2[nH]ccc12)C(C)CC. The molecule has 0 saturated heterocycles. The Morgan fingerprint density at radius 2 is 2.13 bits per heavy atom. The molecule has 0 spiro atoms. The van der Waals surface area contributed by atoms with Gasteiger partial charge in [-0.3, -0.25) is 0 Å². The van der Waals surface area contributed by atoms with Crippen LogP contribution in [-0.2, 0) is 0 Å². The first-order valence-electron chi connectivity index (χ1n) is 8.42. The molecule has 2 N–H and O–H groups in total. The van der Waals surface area contributed by atoms with Gasteiger partial charge in [0, 0.05) is 35.4 Å². The molecule has 0 aliphatic carbocycles. The second-order valence-corrected chi connectivity index (χ2v) is 6.99. The predicted octanol–water partition coefficient (Wildman–Crippen LogP) is 4.07. The highest BCUT2D eigenvalue weighted by atomic mass is 32.2. The van der Waals surface area contributed by atoms with Crippen LogP contribution in [0.2, 0.25) is 0 Å². The Balaban J connectivity index is 1.90. The second kappa shape index (κ2) is 9.21. The van der Waals surface area contributed by atoms with Crippen molar-refractivity contribution < 1.29 is 9.84 Å². The lowest BCUT2D eigenvalue weighted by Crippen LogP contribution is -2.36. The van der Waals surface area contributed by atoms with Crippen molar-refractivity contribution >= 4 is 22.9 Å². The van der Waals surface area contributed by atoms with Crippen LogP contribution in [0.5, 0.6) is 5.75 Å². The number of aliphatic hydroxyl groups excluding tert-OH is 1. The number of aromatic amines is 1. The number of hydrogen-bond donors (Lipinski definition) is 2.